The predicted octanol–water partition coefficient (Wildman–Crippen LogP) is 2.62. The molecular weight excluding hydrogens is 382 g/mol. The van der Waals surface area contributed by atoms with Crippen LogP contribution in [-0.4, -0.2) is 69.5 Å². The summed E-state index contributed by atoms with van der Waals surface area (Å²) in [5.74, 6) is 1.47. The summed E-state index contributed by atoms with van der Waals surface area (Å²) >= 11 is 0. The van der Waals surface area contributed by atoms with E-state index in [0.717, 1.165) is 49.2 Å². The fourth-order valence-electron chi connectivity index (χ4n) is 3.66. The molecule has 2 atom stereocenters. The number of carbonyl (C=O) groups is 1. The summed E-state index contributed by atoms with van der Waals surface area (Å²) in [5.41, 5.74) is 1.94. The lowest BCUT2D eigenvalue weighted by Crippen LogP contribution is -2.46. The van der Waals surface area contributed by atoms with Crippen LogP contribution in [0.5, 0.6) is 11.5 Å². The topological polar surface area (TPSA) is 63.3 Å². The molecule has 1 fully saturated rings. The fourth-order valence-corrected chi connectivity index (χ4v) is 3.66. The van der Waals surface area contributed by atoms with Crippen LogP contribution in [-0.2, 0) is 9.53 Å². The number of anilines is 2. The first kappa shape index (κ1) is 20.5. The monoisotopic (exact) mass is 411 g/mol. The van der Waals surface area contributed by atoms with Crippen LogP contribution in [0.3, 0.4) is 0 Å². The number of likely N-dealkylation sites (N-methyl/N-ethyl adjacent to an activating group) is 1. The van der Waals surface area contributed by atoms with Crippen molar-refractivity contribution in [3.05, 3.63) is 48.5 Å². The number of fused-ring (bicyclic) bond motifs is 1. The highest BCUT2D eigenvalue weighted by Crippen LogP contribution is 2.31. The maximum Gasteiger partial charge on any atom is 0.241 e. The van der Waals surface area contributed by atoms with Gasteiger partial charge >= 0.3 is 0 Å². The Morgan fingerprint density at radius 1 is 1.13 bits per heavy atom. The van der Waals surface area contributed by atoms with Crippen LogP contribution in [0.4, 0.5) is 11.4 Å². The van der Waals surface area contributed by atoms with Crippen LogP contribution in [0.1, 0.15) is 6.92 Å². The third kappa shape index (κ3) is 4.86. The van der Waals surface area contributed by atoms with Crippen molar-refractivity contribution in [1.29, 1.82) is 0 Å². The number of carbonyl (C=O) groups excluding carboxylic acids is 1. The molecule has 1 amide bonds. The number of amides is 1. The van der Waals surface area contributed by atoms with E-state index in [-0.39, 0.29) is 18.1 Å². The highest BCUT2D eigenvalue weighted by molar-refractivity contribution is 5.94. The number of morpholine rings is 1. The van der Waals surface area contributed by atoms with Gasteiger partial charge in [-0.2, -0.15) is 0 Å². The van der Waals surface area contributed by atoms with E-state index < -0.39 is 0 Å². The number of nitrogens with zero attached hydrogens (tertiary/aromatic N) is 2. The average molecular weight is 412 g/mol. The molecule has 0 radical (unpaired) electrons. The van der Waals surface area contributed by atoms with Crippen LogP contribution in [0.15, 0.2) is 48.5 Å². The molecule has 0 unspecified atom stereocenters. The molecule has 30 heavy (non-hydrogen) atoms. The number of benzene rings is 2. The molecule has 0 saturated carbocycles. The van der Waals surface area contributed by atoms with Crippen molar-refractivity contribution in [3.63, 3.8) is 0 Å². The molecule has 7 heteroatoms. The molecule has 0 aliphatic carbocycles. The Morgan fingerprint density at radius 2 is 1.83 bits per heavy atom. The predicted molar refractivity (Wildman–Crippen MR) is 117 cm³/mol. The van der Waals surface area contributed by atoms with Crippen LogP contribution in [0, 0.1) is 0 Å². The second kappa shape index (κ2) is 9.36. The number of hydrogen-bond donors (Lipinski definition) is 1. The molecule has 2 aromatic carbocycles. The Bertz CT molecular complexity index is 852. The molecule has 2 aliphatic rings. The van der Waals surface area contributed by atoms with Gasteiger partial charge in [0.25, 0.3) is 0 Å². The van der Waals surface area contributed by atoms with Gasteiger partial charge in [0.1, 0.15) is 12.7 Å². The van der Waals surface area contributed by atoms with E-state index in [2.05, 4.69) is 10.2 Å². The molecule has 0 spiro atoms. The van der Waals surface area contributed by atoms with Gasteiger partial charge in [0.2, 0.25) is 5.91 Å². The largest absolute Gasteiger partial charge is 0.486 e. The van der Waals surface area contributed by atoms with Crippen molar-refractivity contribution in [2.24, 2.45) is 0 Å². The molecular formula is C23H29N3O4. The van der Waals surface area contributed by atoms with E-state index in [1.165, 1.54) is 0 Å². The van der Waals surface area contributed by atoms with Gasteiger partial charge in [0.05, 0.1) is 19.3 Å². The highest BCUT2D eigenvalue weighted by Gasteiger charge is 2.26. The lowest BCUT2D eigenvalue weighted by Gasteiger charge is -2.31. The van der Waals surface area contributed by atoms with Gasteiger partial charge in [-0.15, -0.1) is 0 Å². The van der Waals surface area contributed by atoms with E-state index in [9.17, 15) is 4.79 Å². The Labute approximate surface area is 177 Å². The van der Waals surface area contributed by atoms with E-state index >= 15 is 0 Å². The molecule has 0 aromatic heterocycles. The first-order valence-electron chi connectivity index (χ1n) is 10.4. The fraction of sp³-hybridized carbons (Fsp3) is 0.435. The van der Waals surface area contributed by atoms with Gasteiger partial charge in [-0.1, -0.05) is 12.1 Å². The summed E-state index contributed by atoms with van der Waals surface area (Å²) in [6, 6.07) is 15.3. The quantitative estimate of drug-likeness (QED) is 0.789. The minimum Gasteiger partial charge on any atom is -0.486 e. The summed E-state index contributed by atoms with van der Waals surface area (Å²) in [7, 11) is 1.93. The molecule has 2 aliphatic heterocycles. The van der Waals surface area contributed by atoms with Gasteiger partial charge in [0, 0.05) is 31.0 Å². The van der Waals surface area contributed by atoms with Crippen LogP contribution in [0.25, 0.3) is 0 Å². The standard InChI is InChI=1S/C23H29N3O4/c1-17(25(2)15-20-16-29-21-5-3-4-6-22(21)30-20)23(27)24-18-7-9-19(10-8-18)26-11-13-28-14-12-26/h3-10,17,20H,11-16H2,1-2H3,(H,24,27)/t17-,20-/m1/s1. The summed E-state index contributed by atoms with van der Waals surface area (Å²) in [6.07, 6.45) is -0.118. The third-order valence-electron chi connectivity index (χ3n) is 5.61. The zero-order chi connectivity index (χ0) is 20.9. The molecule has 160 valence electrons. The Hall–Kier alpha value is -2.77. The number of nitrogens with one attached hydrogen (secondary N) is 1. The van der Waals surface area contributed by atoms with Crippen molar-refractivity contribution in [2.75, 3.05) is 56.7 Å². The molecule has 2 heterocycles. The smallest absolute Gasteiger partial charge is 0.241 e. The van der Waals surface area contributed by atoms with Crippen molar-refractivity contribution in [2.45, 2.75) is 19.1 Å². The molecule has 2 aromatic rings. The SMILES string of the molecule is C[C@H](C(=O)Nc1ccc(N2CCOCC2)cc1)N(C)C[C@@H]1COc2ccccc2O1. The summed E-state index contributed by atoms with van der Waals surface area (Å²) in [6.45, 7) is 6.26. The van der Waals surface area contributed by atoms with E-state index in [1.807, 2.05) is 67.4 Å². The van der Waals surface area contributed by atoms with Gasteiger partial charge in [-0.05, 0) is 50.4 Å². The maximum atomic E-state index is 12.7. The first-order valence-corrected chi connectivity index (χ1v) is 10.4. The van der Waals surface area contributed by atoms with Gasteiger partial charge in [-0.25, -0.2) is 0 Å². The summed E-state index contributed by atoms with van der Waals surface area (Å²) in [5, 5.41) is 3.01. The molecule has 0 bridgehead atoms. The lowest BCUT2D eigenvalue weighted by atomic mass is 10.2. The highest BCUT2D eigenvalue weighted by atomic mass is 16.6. The summed E-state index contributed by atoms with van der Waals surface area (Å²) in [4.78, 5) is 17.0. The third-order valence-corrected chi connectivity index (χ3v) is 5.61. The van der Waals surface area contributed by atoms with Gasteiger partial charge in [-0.3, -0.25) is 9.69 Å². The molecule has 4 rings (SSSR count). The maximum absolute atomic E-state index is 12.7. The zero-order valence-electron chi connectivity index (χ0n) is 17.5. The van der Waals surface area contributed by atoms with Crippen LogP contribution >= 0.6 is 0 Å². The Morgan fingerprint density at radius 3 is 2.57 bits per heavy atom. The minimum absolute atomic E-state index is 0.0475. The second-order valence-electron chi connectivity index (χ2n) is 7.75. The second-order valence-corrected chi connectivity index (χ2v) is 7.75. The number of para-hydroxylation sites is 2. The average Bonchev–Trinajstić information content (AvgIpc) is 2.79. The minimum atomic E-state index is -0.301. The normalized spacial score (nSPS) is 19.4. The van der Waals surface area contributed by atoms with E-state index in [4.69, 9.17) is 14.2 Å². The van der Waals surface area contributed by atoms with E-state index in [1.54, 1.807) is 0 Å². The molecule has 1 N–H and O–H groups in total. The van der Waals surface area contributed by atoms with Crippen molar-refractivity contribution in [1.82, 2.24) is 4.90 Å². The van der Waals surface area contributed by atoms with Crippen molar-refractivity contribution in [3.8, 4) is 11.5 Å². The van der Waals surface area contributed by atoms with Crippen molar-refractivity contribution < 1.29 is 19.0 Å². The molecule has 1 saturated heterocycles. The van der Waals surface area contributed by atoms with Crippen molar-refractivity contribution >= 4 is 17.3 Å². The van der Waals surface area contributed by atoms with Gasteiger partial charge in [0.15, 0.2) is 11.5 Å². The van der Waals surface area contributed by atoms with E-state index in [0.29, 0.717) is 13.2 Å². The lowest BCUT2D eigenvalue weighted by molar-refractivity contribution is -0.120. The first-order chi connectivity index (χ1) is 14.6. The van der Waals surface area contributed by atoms with Crippen LogP contribution in [0.2, 0.25) is 0 Å². The molecule has 7 nitrogen and oxygen atoms in total. The zero-order valence-corrected chi connectivity index (χ0v) is 17.5. The van der Waals surface area contributed by atoms with Gasteiger partial charge < -0.3 is 24.4 Å². The number of hydrogen-bond acceptors (Lipinski definition) is 6. The summed E-state index contributed by atoms with van der Waals surface area (Å²) < 4.78 is 17.2. The Kier molecular flexibility index (Phi) is 6.40. The number of ether oxygens (including phenoxy) is 3. The number of rotatable bonds is 6. The van der Waals surface area contributed by atoms with Crippen LogP contribution < -0.4 is 19.7 Å². The Balaban J connectivity index is 1.29.